The lowest BCUT2D eigenvalue weighted by Crippen LogP contribution is -2.39. The van der Waals surface area contributed by atoms with Crippen molar-refractivity contribution in [1.29, 1.82) is 0 Å². The summed E-state index contributed by atoms with van der Waals surface area (Å²) in [4.78, 5) is 12.6. The fourth-order valence-electron chi connectivity index (χ4n) is 2.92. The Morgan fingerprint density at radius 1 is 1.16 bits per heavy atom. The average molecular weight is 438 g/mol. The Hall–Kier alpha value is -3.44. The summed E-state index contributed by atoms with van der Waals surface area (Å²) < 4.78 is 54.4. The molecule has 0 aliphatic rings. The molecule has 2 heterocycles. The highest BCUT2D eigenvalue weighted by molar-refractivity contribution is 5.86. The van der Waals surface area contributed by atoms with Gasteiger partial charge in [-0.25, -0.2) is 19.4 Å². The van der Waals surface area contributed by atoms with E-state index in [9.17, 15) is 17.6 Å². The third-order valence-electron chi connectivity index (χ3n) is 4.37. The number of aromatic nitrogens is 4. The maximum atomic E-state index is 13.3. The summed E-state index contributed by atoms with van der Waals surface area (Å²) >= 11 is 0. The van der Waals surface area contributed by atoms with Crippen LogP contribution in [0.2, 0.25) is 0 Å². The monoisotopic (exact) mass is 438 g/mol. The number of anilines is 1. The quantitative estimate of drug-likeness (QED) is 0.227. The summed E-state index contributed by atoms with van der Waals surface area (Å²) in [7, 11) is 1.78. The van der Waals surface area contributed by atoms with Crippen molar-refractivity contribution in [2.45, 2.75) is 19.6 Å². The number of alkyl halides is 3. The number of aryl methyl sites for hydroxylation is 1. The molecule has 1 aromatic carbocycles. The van der Waals surface area contributed by atoms with E-state index in [0.29, 0.717) is 43.1 Å². The Morgan fingerprint density at radius 2 is 1.97 bits per heavy atom. The van der Waals surface area contributed by atoms with E-state index in [1.165, 1.54) is 6.33 Å². The molecule has 0 fully saturated rings. The molecule has 0 radical (unpaired) electrons. The molecule has 0 aliphatic heterocycles. The zero-order valence-corrected chi connectivity index (χ0v) is 17.0. The SMILES string of the molecule is CCNC(=NCc1ccc(F)cc1C(F)(F)F)NCCNc1ncnc2c1cnn2C. The third-order valence-corrected chi connectivity index (χ3v) is 4.37. The van der Waals surface area contributed by atoms with Crippen molar-refractivity contribution in [3.05, 3.63) is 47.7 Å². The smallest absolute Gasteiger partial charge is 0.368 e. The van der Waals surface area contributed by atoms with Gasteiger partial charge in [-0.3, -0.25) is 4.68 Å². The number of guanidine groups is 1. The van der Waals surface area contributed by atoms with E-state index in [2.05, 4.69) is 36.0 Å². The van der Waals surface area contributed by atoms with E-state index < -0.39 is 17.6 Å². The number of rotatable bonds is 7. The van der Waals surface area contributed by atoms with Gasteiger partial charge in [0.15, 0.2) is 11.6 Å². The summed E-state index contributed by atoms with van der Waals surface area (Å²) in [5.41, 5.74) is -0.442. The Balaban J connectivity index is 1.62. The number of nitrogens with one attached hydrogen (secondary N) is 3. The minimum Gasteiger partial charge on any atom is -0.368 e. The molecular formula is C19H22F4N8. The largest absolute Gasteiger partial charge is 0.416 e. The normalized spacial score (nSPS) is 12.3. The molecule has 8 nitrogen and oxygen atoms in total. The molecular weight excluding hydrogens is 416 g/mol. The Morgan fingerprint density at radius 3 is 2.71 bits per heavy atom. The van der Waals surface area contributed by atoms with Crippen LogP contribution in [0.5, 0.6) is 0 Å². The van der Waals surface area contributed by atoms with E-state index in [1.54, 1.807) is 17.9 Å². The van der Waals surface area contributed by atoms with Gasteiger partial charge in [-0.2, -0.15) is 18.3 Å². The molecule has 12 heteroatoms. The van der Waals surface area contributed by atoms with Crippen molar-refractivity contribution in [2.75, 3.05) is 25.0 Å². The van der Waals surface area contributed by atoms with Crippen LogP contribution in [0.4, 0.5) is 23.4 Å². The van der Waals surface area contributed by atoms with Gasteiger partial charge in [0.2, 0.25) is 0 Å². The molecule has 0 saturated carbocycles. The van der Waals surface area contributed by atoms with Gasteiger partial charge in [-0.1, -0.05) is 6.07 Å². The van der Waals surface area contributed by atoms with Crippen LogP contribution in [0.15, 0.2) is 35.7 Å². The zero-order valence-electron chi connectivity index (χ0n) is 17.0. The molecule has 0 atom stereocenters. The summed E-state index contributed by atoms with van der Waals surface area (Å²) in [6.45, 7) is 3.01. The molecule has 0 spiro atoms. The van der Waals surface area contributed by atoms with E-state index in [4.69, 9.17) is 0 Å². The summed E-state index contributed by atoms with van der Waals surface area (Å²) in [6.07, 6.45) is -1.55. The number of hydrogen-bond acceptors (Lipinski definition) is 5. The molecule has 3 N–H and O–H groups in total. The Bertz CT molecular complexity index is 1060. The first-order valence-electron chi connectivity index (χ1n) is 9.54. The van der Waals surface area contributed by atoms with Crippen molar-refractivity contribution < 1.29 is 17.6 Å². The lowest BCUT2D eigenvalue weighted by Gasteiger charge is -2.14. The number of hydrogen-bond donors (Lipinski definition) is 3. The first-order valence-corrected chi connectivity index (χ1v) is 9.54. The van der Waals surface area contributed by atoms with Crippen molar-refractivity contribution in [3.8, 4) is 0 Å². The first-order chi connectivity index (χ1) is 14.8. The van der Waals surface area contributed by atoms with Gasteiger partial charge >= 0.3 is 6.18 Å². The Kier molecular flexibility index (Phi) is 6.88. The molecule has 31 heavy (non-hydrogen) atoms. The highest BCUT2D eigenvalue weighted by atomic mass is 19.4. The van der Waals surface area contributed by atoms with E-state index >= 15 is 0 Å². The van der Waals surface area contributed by atoms with Gasteiger partial charge in [0.25, 0.3) is 0 Å². The maximum Gasteiger partial charge on any atom is 0.416 e. The zero-order chi connectivity index (χ0) is 22.4. The second-order valence-electron chi connectivity index (χ2n) is 6.58. The summed E-state index contributed by atoms with van der Waals surface area (Å²) in [5, 5.41) is 14.1. The summed E-state index contributed by atoms with van der Waals surface area (Å²) in [6, 6.07) is 2.57. The number of halogens is 4. The predicted molar refractivity (Wildman–Crippen MR) is 109 cm³/mol. The summed E-state index contributed by atoms with van der Waals surface area (Å²) in [5.74, 6) is 0.0301. The van der Waals surface area contributed by atoms with Crippen LogP contribution in [-0.4, -0.2) is 45.3 Å². The van der Waals surface area contributed by atoms with Gasteiger partial charge in [0, 0.05) is 26.7 Å². The van der Waals surface area contributed by atoms with E-state index in [1.807, 2.05) is 6.92 Å². The highest BCUT2D eigenvalue weighted by Gasteiger charge is 2.33. The first kappa shape index (κ1) is 22.2. The number of nitrogens with zero attached hydrogens (tertiary/aromatic N) is 5. The lowest BCUT2D eigenvalue weighted by atomic mass is 10.1. The van der Waals surface area contributed by atoms with Crippen molar-refractivity contribution in [2.24, 2.45) is 12.0 Å². The van der Waals surface area contributed by atoms with Crippen LogP contribution in [0.1, 0.15) is 18.1 Å². The second kappa shape index (κ2) is 9.58. The molecule has 2 aromatic heterocycles. The molecule has 0 bridgehead atoms. The van der Waals surface area contributed by atoms with Gasteiger partial charge in [0.05, 0.1) is 23.7 Å². The fraction of sp³-hybridized carbons (Fsp3) is 0.368. The van der Waals surface area contributed by atoms with Gasteiger partial charge in [-0.05, 0) is 24.6 Å². The maximum absolute atomic E-state index is 13.3. The fourth-order valence-corrected chi connectivity index (χ4v) is 2.92. The van der Waals surface area contributed by atoms with Gasteiger partial charge in [0.1, 0.15) is 18.0 Å². The minimum absolute atomic E-state index is 0.107. The van der Waals surface area contributed by atoms with Crippen LogP contribution in [0.3, 0.4) is 0 Å². The number of aliphatic imine (C=N–C) groups is 1. The highest BCUT2D eigenvalue weighted by Crippen LogP contribution is 2.32. The second-order valence-corrected chi connectivity index (χ2v) is 6.58. The molecule has 3 rings (SSSR count). The lowest BCUT2D eigenvalue weighted by molar-refractivity contribution is -0.138. The standard InChI is InChI=1S/C19H22F4N8/c1-3-24-18(27-9-12-4-5-13(20)8-15(12)19(21,22)23)26-7-6-25-16-14-10-30-31(2)17(14)29-11-28-16/h4-5,8,10-11H,3,6-7,9H2,1-2H3,(H2,24,26,27)(H,25,28,29). The minimum atomic E-state index is -4.65. The van der Waals surface area contributed by atoms with Crippen LogP contribution in [0, 0.1) is 5.82 Å². The van der Waals surface area contributed by atoms with Gasteiger partial charge < -0.3 is 16.0 Å². The third kappa shape index (κ3) is 5.58. The Labute approximate surface area is 175 Å². The molecule has 0 saturated heterocycles. The van der Waals surface area contributed by atoms with Crippen LogP contribution in [-0.2, 0) is 19.8 Å². The van der Waals surface area contributed by atoms with E-state index in [-0.39, 0.29) is 12.1 Å². The van der Waals surface area contributed by atoms with Crippen LogP contribution >= 0.6 is 0 Å². The topological polar surface area (TPSA) is 92.1 Å². The molecule has 0 unspecified atom stereocenters. The molecule has 166 valence electrons. The van der Waals surface area contributed by atoms with E-state index in [0.717, 1.165) is 17.5 Å². The van der Waals surface area contributed by atoms with Crippen molar-refractivity contribution >= 4 is 22.8 Å². The molecule has 0 aliphatic carbocycles. The number of fused-ring (bicyclic) bond motifs is 1. The van der Waals surface area contributed by atoms with Crippen molar-refractivity contribution in [3.63, 3.8) is 0 Å². The van der Waals surface area contributed by atoms with Gasteiger partial charge in [-0.15, -0.1) is 0 Å². The molecule has 0 amide bonds. The average Bonchev–Trinajstić information content (AvgIpc) is 3.11. The molecule has 3 aromatic rings. The van der Waals surface area contributed by atoms with Crippen LogP contribution in [0.25, 0.3) is 11.0 Å². The van der Waals surface area contributed by atoms with Crippen LogP contribution < -0.4 is 16.0 Å². The number of benzene rings is 1. The predicted octanol–water partition coefficient (Wildman–Crippen LogP) is 2.69. The van der Waals surface area contributed by atoms with Crippen molar-refractivity contribution in [1.82, 2.24) is 30.4 Å².